The second kappa shape index (κ2) is 9.71. The van der Waals surface area contributed by atoms with E-state index in [0.717, 1.165) is 5.56 Å². The summed E-state index contributed by atoms with van der Waals surface area (Å²) in [6.07, 6.45) is 0.616. The van der Waals surface area contributed by atoms with Crippen LogP contribution in [0.3, 0.4) is 0 Å². The third-order valence-corrected chi connectivity index (χ3v) is 5.17. The summed E-state index contributed by atoms with van der Waals surface area (Å²) < 4.78 is 0. The third kappa shape index (κ3) is 4.98. The van der Waals surface area contributed by atoms with Gasteiger partial charge in [-0.1, -0.05) is 55.5 Å². The zero-order chi connectivity index (χ0) is 22.4. The summed E-state index contributed by atoms with van der Waals surface area (Å²) in [5, 5.41) is 14.9. The molecule has 3 N–H and O–H groups in total. The number of carboxylic acid groups (broad SMARTS) is 1. The molecule has 3 aromatic carbocycles. The number of anilines is 2. The fourth-order valence-electron chi connectivity index (χ4n) is 3.46. The number of carbonyl (C=O) groups excluding carboxylic acids is 2. The molecule has 1 atom stereocenters. The number of rotatable bonds is 7. The Hall–Kier alpha value is -3.93. The topological polar surface area (TPSA) is 95.5 Å². The standard InChI is InChI=1S/C25H24N2O4/c1-3-18(17-10-5-4-6-11-17)23(28)27-22-14-8-7-12-20(22)24(29)26-21-15-9-13-19(16(21)2)25(30)31/h4-15,18H,3H2,1-2H3,(H,26,29)(H,27,28)(H,30,31). The number of carboxylic acids is 1. The Kier molecular flexibility index (Phi) is 6.82. The zero-order valence-corrected chi connectivity index (χ0v) is 17.4. The molecule has 0 saturated carbocycles. The van der Waals surface area contributed by atoms with Crippen molar-refractivity contribution in [2.24, 2.45) is 0 Å². The van der Waals surface area contributed by atoms with Gasteiger partial charge in [-0.25, -0.2) is 4.79 Å². The van der Waals surface area contributed by atoms with Crippen LogP contribution in [0.15, 0.2) is 72.8 Å². The molecule has 3 aromatic rings. The number of para-hydroxylation sites is 1. The molecule has 0 aliphatic heterocycles. The fourth-order valence-corrected chi connectivity index (χ4v) is 3.46. The summed E-state index contributed by atoms with van der Waals surface area (Å²) in [6, 6.07) is 20.9. The molecular weight excluding hydrogens is 392 g/mol. The van der Waals surface area contributed by atoms with Crippen LogP contribution in [0.4, 0.5) is 11.4 Å². The van der Waals surface area contributed by atoms with Crippen molar-refractivity contribution in [1.29, 1.82) is 0 Å². The lowest BCUT2D eigenvalue weighted by molar-refractivity contribution is -0.117. The monoisotopic (exact) mass is 416 g/mol. The van der Waals surface area contributed by atoms with Crippen LogP contribution in [-0.2, 0) is 4.79 Å². The van der Waals surface area contributed by atoms with Crippen molar-refractivity contribution in [3.63, 3.8) is 0 Å². The molecule has 0 fully saturated rings. The van der Waals surface area contributed by atoms with Crippen LogP contribution in [-0.4, -0.2) is 22.9 Å². The average Bonchev–Trinajstić information content (AvgIpc) is 2.76. The fraction of sp³-hybridized carbons (Fsp3) is 0.160. The van der Waals surface area contributed by atoms with E-state index < -0.39 is 11.9 Å². The summed E-state index contributed by atoms with van der Waals surface area (Å²) in [5.41, 5.74) is 2.57. The Morgan fingerprint density at radius 3 is 2.10 bits per heavy atom. The number of hydrogen-bond donors (Lipinski definition) is 3. The van der Waals surface area contributed by atoms with Gasteiger partial charge in [0.25, 0.3) is 5.91 Å². The van der Waals surface area contributed by atoms with Crippen molar-refractivity contribution < 1.29 is 19.5 Å². The van der Waals surface area contributed by atoms with Gasteiger partial charge in [-0.2, -0.15) is 0 Å². The van der Waals surface area contributed by atoms with E-state index in [-0.39, 0.29) is 17.4 Å². The Labute approximate surface area is 180 Å². The molecule has 6 heteroatoms. The number of aromatic carboxylic acids is 1. The van der Waals surface area contributed by atoms with Gasteiger partial charge in [-0.05, 0) is 48.7 Å². The summed E-state index contributed by atoms with van der Waals surface area (Å²) in [4.78, 5) is 37.2. The van der Waals surface area contributed by atoms with Gasteiger partial charge in [0.1, 0.15) is 0 Å². The maximum absolute atomic E-state index is 12.9. The summed E-state index contributed by atoms with van der Waals surface area (Å²) >= 11 is 0. The second-order valence-electron chi connectivity index (χ2n) is 7.14. The molecule has 0 heterocycles. The van der Waals surface area contributed by atoms with Crippen molar-refractivity contribution in [1.82, 2.24) is 0 Å². The van der Waals surface area contributed by atoms with Gasteiger partial charge in [-0.3, -0.25) is 9.59 Å². The molecule has 2 amide bonds. The van der Waals surface area contributed by atoms with E-state index in [0.29, 0.717) is 28.9 Å². The highest BCUT2D eigenvalue weighted by atomic mass is 16.4. The van der Waals surface area contributed by atoms with Gasteiger partial charge in [0, 0.05) is 5.69 Å². The Balaban J connectivity index is 1.83. The number of carbonyl (C=O) groups is 3. The van der Waals surface area contributed by atoms with Crippen LogP contribution in [0.2, 0.25) is 0 Å². The highest BCUT2D eigenvalue weighted by Crippen LogP contribution is 2.25. The van der Waals surface area contributed by atoms with Gasteiger partial charge in [0.2, 0.25) is 5.91 Å². The van der Waals surface area contributed by atoms with E-state index in [1.165, 1.54) is 6.07 Å². The minimum absolute atomic E-state index is 0.119. The lowest BCUT2D eigenvalue weighted by Gasteiger charge is -2.17. The van der Waals surface area contributed by atoms with Crippen LogP contribution in [0.5, 0.6) is 0 Å². The number of amides is 2. The molecule has 0 radical (unpaired) electrons. The van der Waals surface area contributed by atoms with Crippen LogP contribution in [0.1, 0.15) is 51.1 Å². The molecule has 0 saturated heterocycles. The smallest absolute Gasteiger partial charge is 0.336 e. The van der Waals surface area contributed by atoms with Gasteiger partial charge in [0.05, 0.1) is 22.7 Å². The first-order valence-electron chi connectivity index (χ1n) is 10.0. The molecule has 0 spiro atoms. The number of nitrogens with one attached hydrogen (secondary N) is 2. The minimum atomic E-state index is -1.06. The first kappa shape index (κ1) is 21.8. The van der Waals surface area contributed by atoms with Crippen molar-refractivity contribution in [2.45, 2.75) is 26.2 Å². The third-order valence-electron chi connectivity index (χ3n) is 5.17. The zero-order valence-electron chi connectivity index (χ0n) is 17.4. The summed E-state index contributed by atoms with van der Waals surface area (Å²) in [7, 11) is 0. The molecule has 0 aliphatic rings. The SMILES string of the molecule is CCC(C(=O)Nc1ccccc1C(=O)Nc1cccc(C(=O)O)c1C)c1ccccc1. The molecular formula is C25H24N2O4. The highest BCUT2D eigenvalue weighted by molar-refractivity contribution is 6.11. The highest BCUT2D eigenvalue weighted by Gasteiger charge is 2.21. The molecule has 0 aromatic heterocycles. The molecule has 1 unspecified atom stereocenters. The molecule has 6 nitrogen and oxygen atoms in total. The van der Waals surface area contributed by atoms with Crippen LogP contribution in [0, 0.1) is 6.92 Å². The van der Waals surface area contributed by atoms with Crippen molar-refractivity contribution in [3.8, 4) is 0 Å². The van der Waals surface area contributed by atoms with Crippen molar-refractivity contribution in [2.75, 3.05) is 10.6 Å². The molecule has 31 heavy (non-hydrogen) atoms. The summed E-state index contributed by atoms with van der Waals surface area (Å²) in [6.45, 7) is 3.58. The van der Waals surface area contributed by atoms with Crippen LogP contribution in [0.25, 0.3) is 0 Å². The molecule has 3 rings (SSSR count). The predicted molar refractivity (Wildman–Crippen MR) is 121 cm³/mol. The Morgan fingerprint density at radius 1 is 0.806 bits per heavy atom. The van der Waals surface area contributed by atoms with Crippen molar-refractivity contribution >= 4 is 29.2 Å². The van der Waals surface area contributed by atoms with E-state index in [4.69, 9.17) is 0 Å². The van der Waals surface area contributed by atoms with Crippen molar-refractivity contribution in [3.05, 3.63) is 95.1 Å². The molecule has 0 aliphatic carbocycles. The predicted octanol–water partition coefficient (Wildman–Crippen LogP) is 5.08. The Morgan fingerprint density at radius 2 is 1.42 bits per heavy atom. The van der Waals surface area contributed by atoms with Gasteiger partial charge < -0.3 is 15.7 Å². The lowest BCUT2D eigenvalue weighted by Crippen LogP contribution is -2.23. The molecule has 0 bridgehead atoms. The summed E-state index contributed by atoms with van der Waals surface area (Å²) in [5.74, 6) is -2.04. The van der Waals surface area contributed by atoms with E-state index in [9.17, 15) is 19.5 Å². The normalized spacial score (nSPS) is 11.4. The van der Waals surface area contributed by atoms with E-state index in [2.05, 4.69) is 10.6 Å². The molecule has 158 valence electrons. The first-order chi connectivity index (χ1) is 14.9. The maximum Gasteiger partial charge on any atom is 0.336 e. The number of hydrogen-bond acceptors (Lipinski definition) is 3. The Bertz CT molecular complexity index is 1110. The van der Waals surface area contributed by atoms with Gasteiger partial charge in [0.15, 0.2) is 0 Å². The van der Waals surface area contributed by atoms with Crippen LogP contribution >= 0.6 is 0 Å². The average molecular weight is 416 g/mol. The minimum Gasteiger partial charge on any atom is -0.478 e. The van der Waals surface area contributed by atoms with E-state index in [1.54, 1.807) is 43.3 Å². The first-order valence-corrected chi connectivity index (χ1v) is 10.0. The number of benzene rings is 3. The van der Waals surface area contributed by atoms with Gasteiger partial charge >= 0.3 is 5.97 Å². The quantitative estimate of drug-likeness (QED) is 0.501. The van der Waals surface area contributed by atoms with Gasteiger partial charge in [-0.15, -0.1) is 0 Å². The van der Waals surface area contributed by atoms with E-state index in [1.807, 2.05) is 37.3 Å². The van der Waals surface area contributed by atoms with Crippen LogP contribution < -0.4 is 10.6 Å². The maximum atomic E-state index is 12.9. The second-order valence-corrected chi connectivity index (χ2v) is 7.14. The largest absolute Gasteiger partial charge is 0.478 e. The van der Waals surface area contributed by atoms with E-state index >= 15 is 0 Å². The lowest BCUT2D eigenvalue weighted by atomic mass is 9.95.